The van der Waals surface area contributed by atoms with Gasteiger partial charge in [-0.2, -0.15) is 0 Å². The summed E-state index contributed by atoms with van der Waals surface area (Å²) in [6, 6.07) is 19.0. The van der Waals surface area contributed by atoms with Gasteiger partial charge in [-0.3, -0.25) is 14.4 Å². The number of carbonyl (C=O) groups is 2. The van der Waals surface area contributed by atoms with Crippen LogP contribution >= 0.6 is 11.6 Å². The van der Waals surface area contributed by atoms with E-state index < -0.39 is 5.91 Å². The monoisotopic (exact) mass is 444 g/mol. The summed E-state index contributed by atoms with van der Waals surface area (Å²) in [5.41, 5.74) is 2.38. The molecule has 0 aliphatic heterocycles. The Labute approximate surface area is 190 Å². The summed E-state index contributed by atoms with van der Waals surface area (Å²) in [5.74, 6) is -0.853. The van der Waals surface area contributed by atoms with Gasteiger partial charge in [0.2, 0.25) is 5.43 Å². The normalized spacial score (nSPS) is 10.8. The molecule has 0 saturated heterocycles. The highest BCUT2D eigenvalue weighted by Crippen LogP contribution is 2.24. The van der Waals surface area contributed by atoms with Crippen molar-refractivity contribution in [2.75, 3.05) is 5.32 Å². The van der Waals surface area contributed by atoms with E-state index >= 15 is 0 Å². The van der Waals surface area contributed by atoms with Gasteiger partial charge in [-0.15, -0.1) is 0 Å². The number of carbonyl (C=O) groups excluding carboxylic acids is 2. The minimum Gasteiger partial charge on any atom is -0.347 e. The number of amides is 1. The van der Waals surface area contributed by atoms with Crippen molar-refractivity contribution in [1.29, 1.82) is 0 Å². The Hall–Kier alpha value is -3.70. The van der Waals surface area contributed by atoms with E-state index in [1.807, 2.05) is 36.6 Å². The van der Waals surface area contributed by atoms with Crippen molar-refractivity contribution in [3.8, 4) is 0 Å². The standard InChI is InChI=1S/C26H21ClN2O3/c1-3-29-15-21(25(31)20-13-16(2)9-12-23(20)29)26(32)28-22-11-10-18(27)14-19(22)24(30)17-7-5-4-6-8-17/h4-15H,3H2,1-2H3,(H,28,32). The topological polar surface area (TPSA) is 68.2 Å². The van der Waals surface area contributed by atoms with Gasteiger partial charge in [0.05, 0.1) is 11.2 Å². The zero-order valence-corrected chi connectivity index (χ0v) is 18.4. The molecule has 1 amide bonds. The van der Waals surface area contributed by atoms with Crippen molar-refractivity contribution in [2.45, 2.75) is 20.4 Å². The lowest BCUT2D eigenvalue weighted by molar-refractivity contribution is 0.102. The van der Waals surface area contributed by atoms with Crippen molar-refractivity contribution >= 4 is 39.9 Å². The number of aryl methyl sites for hydroxylation is 2. The number of hydrogen-bond donors (Lipinski definition) is 1. The lowest BCUT2D eigenvalue weighted by Gasteiger charge is -2.14. The van der Waals surface area contributed by atoms with E-state index in [-0.39, 0.29) is 22.3 Å². The maximum Gasteiger partial charge on any atom is 0.261 e. The highest BCUT2D eigenvalue weighted by atomic mass is 35.5. The molecule has 1 N–H and O–H groups in total. The van der Waals surface area contributed by atoms with Gasteiger partial charge in [0.25, 0.3) is 5.91 Å². The third-order valence-corrected chi connectivity index (χ3v) is 5.57. The van der Waals surface area contributed by atoms with Crippen LogP contribution < -0.4 is 10.7 Å². The average Bonchev–Trinajstić information content (AvgIpc) is 2.80. The molecule has 0 radical (unpaired) electrons. The molecular formula is C26H21ClN2O3. The molecule has 1 heterocycles. The molecule has 5 nitrogen and oxygen atoms in total. The third kappa shape index (κ3) is 4.07. The van der Waals surface area contributed by atoms with E-state index in [0.29, 0.717) is 28.2 Å². The summed E-state index contributed by atoms with van der Waals surface area (Å²) < 4.78 is 1.86. The second-order valence-electron chi connectivity index (χ2n) is 7.52. The quantitative estimate of drug-likeness (QED) is 0.415. The van der Waals surface area contributed by atoms with Gasteiger partial charge in [-0.25, -0.2) is 0 Å². The lowest BCUT2D eigenvalue weighted by atomic mass is 10.0. The summed E-state index contributed by atoms with van der Waals surface area (Å²) in [6.45, 7) is 4.44. The van der Waals surface area contributed by atoms with E-state index in [1.165, 1.54) is 6.07 Å². The number of hydrogen-bond acceptors (Lipinski definition) is 3. The van der Waals surface area contributed by atoms with Crippen molar-refractivity contribution < 1.29 is 9.59 Å². The fourth-order valence-corrected chi connectivity index (χ4v) is 3.85. The average molecular weight is 445 g/mol. The van der Waals surface area contributed by atoms with Gasteiger partial charge in [-0.05, 0) is 44.2 Å². The molecule has 1 aromatic heterocycles. The van der Waals surface area contributed by atoms with Crippen molar-refractivity contribution in [3.05, 3.63) is 110 Å². The van der Waals surface area contributed by atoms with E-state index in [1.54, 1.807) is 48.7 Å². The van der Waals surface area contributed by atoms with Crippen LogP contribution in [0.4, 0.5) is 5.69 Å². The predicted molar refractivity (Wildman–Crippen MR) is 128 cm³/mol. The van der Waals surface area contributed by atoms with E-state index in [2.05, 4.69) is 5.32 Å². The Kier molecular flexibility index (Phi) is 5.93. The fraction of sp³-hybridized carbons (Fsp3) is 0.115. The third-order valence-electron chi connectivity index (χ3n) is 5.33. The van der Waals surface area contributed by atoms with Gasteiger partial charge in [-0.1, -0.05) is 53.6 Å². The molecule has 0 fully saturated rings. The molecule has 0 unspecified atom stereocenters. The molecule has 6 heteroatoms. The number of aromatic nitrogens is 1. The molecular weight excluding hydrogens is 424 g/mol. The number of ketones is 1. The van der Waals surface area contributed by atoms with Gasteiger partial charge in [0, 0.05) is 34.3 Å². The molecule has 4 rings (SSSR count). The number of benzene rings is 3. The predicted octanol–water partition coefficient (Wildman–Crippen LogP) is 5.47. The molecule has 0 bridgehead atoms. The first kappa shape index (κ1) is 21.5. The molecule has 0 aliphatic rings. The zero-order valence-electron chi connectivity index (χ0n) is 17.7. The molecule has 0 atom stereocenters. The highest BCUT2D eigenvalue weighted by molar-refractivity contribution is 6.31. The Bertz CT molecular complexity index is 1410. The van der Waals surface area contributed by atoms with Gasteiger partial charge in [0.15, 0.2) is 5.78 Å². The van der Waals surface area contributed by atoms with E-state index in [0.717, 1.165) is 11.1 Å². The number of rotatable bonds is 5. The lowest BCUT2D eigenvalue weighted by Crippen LogP contribution is -2.24. The van der Waals surface area contributed by atoms with Crippen LogP contribution in [0.5, 0.6) is 0 Å². The van der Waals surface area contributed by atoms with Gasteiger partial charge < -0.3 is 9.88 Å². The first-order valence-corrected chi connectivity index (χ1v) is 10.6. The van der Waals surface area contributed by atoms with E-state index in [9.17, 15) is 14.4 Å². The van der Waals surface area contributed by atoms with Crippen LogP contribution in [0.3, 0.4) is 0 Å². The van der Waals surface area contributed by atoms with E-state index in [4.69, 9.17) is 11.6 Å². The second kappa shape index (κ2) is 8.81. The zero-order chi connectivity index (χ0) is 22.8. The van der Waals surface area contributed by atoms with Crippen LogP contribution in [0.1, 0.15) is 38.8 Å². The first-order valence-electron chi connectivity index (χ1n) is 10.2. The smallest absolute Gasteiger partial charge is 0.261 e. The summed E-state index contributed by atoms with van der Waals surface area (Å²) in [5, 5.41) is 3.60. The number of anilines is 1. The number of pyridine rings is 1. The van der Waals surface area contributed by atoms with Crippen LogP contribution in [0.15, 0.2) is 77.7 Å². The maximum absolute atomic E-state index is 13.2. The van der Waals surface area contributed by atoms with Crippen LogP contribution in [0, 0.1) is 6.92 Å². The number of halogens is 1. The molecule has 0 spiro atoms. The highest BCUT2D eigenvalue weighted by Gasteiger charge is 2.20. The molecule has 0 aliphatic carbocycles. The Morgan fingerprint density at radius 1 is 0.969 bits per heavy atom. The first-order chi connectivity index (χ1) is 15.4. The Morgan fingerprint density at radius 2 is 1.72 bits per heavy atom. The molecule has 32 heavy (non-hydrogen) atoms. The summed E-state index contributed by atoms with van der Waals surface area (Å²) in [6.07, 6.45) is 1.56. The molecule has 0 saturated carbocycles. The summed E-state index contributed by atoms with van der Waals surface area (Å²) in [4.78, 5) is 39.3. The largest absolute Gasteiger partial charge is 0.347 e. The van der Waals surface area contributed by atoms with Crippen LogP contribution in [0.25, 0.3) is 10.9 Å². The maximum atomic E-state index is 13.2. The fourth-order valence-electron chi connectivity index (χ4n) is 3.68. The van der Waals surface area contributed by atoms with Crippen LogP contribution in [0.2, 0.25) is 5.02 Å². The second-order valence-corrected chi connectivity index (χ2v) is 7.95. The van der Waals surface area contributed by atoms with Crippen molar-refractivity contribution in [1.82, 2.24) is 4.57 Å². The molecule has 160 valence electrons. The number of fused-ring (bicyclic) bond motifs is 1. The van der Waals surface area contributed by atoms with Crippen molar-refractivity contribution in [3.63, 3.8) is 0 Å². The molecule has 3 aromatic carbocycles. The van der Waals surface area contributed by atoms with Gasteiger partial charge >= 0.3 is 0 Å². The summed E-state index contributed by atoms with van der Waals surface area (Å²) in [7, 11) is 0. The van der Waals surface area contributed by atoms with Gasteiger partial charge in [0.1, 0.15) is 5.56 Å². The minimum absolute atomic E-state index is 0.0120. The summed E-state index contributed by atoms with van der Waals surface area (Å²) >= 11 is 6.13. The minimum atomic E-state index is -0.579. The SMILES string of the molecule is CCn1cc(C(=O)Nc2ccc(Cl)cc2C(=O)c2ccccc2)c(=O)c2cc(C)ccc21. The van der Waals surface area contributed by atoms with Crippen molar-refractivity contribution in [2.24, 2.45) is 0 Å². The molecule has 4 aromatic rings. The van der Waals surface area contributed by atoms with Crippen LogP contribution in [-0.2, 0) is 6.54 Å². The Balaban J connectivity index is 1.77. The number of nitrogens with zero attached hydrogens (tertiary/aromatic N) is 1. The number of nitrogens with one attached hydrogen (secondary N) is 1. The Morgan fingerprint density at radius 3 is 2.44 bits per heavy atom. The van der Waals surface area contributed by atoms with Crippen LogP contribution in [-0.4, -0.2) is 16.3 Å².